The lowest BCUT2D eigenvalue weighted by molar-refractivity contribution is 0.209. The number of carboxylic acid groups (broad SMARTS) is 1. The molecule has 0 saturated heterocycles. The molecule has 0 spiro atoms. The third-order valence-corrected chi connectivity index (χ3v) is 2.26. The largest absolute Gasteiger partial charge is 0.504 e. The smallest absolute Gasteiger partial charge is 0.410 e. The van der Waals surface area contributed by atoms with E-state index in [0.717, 1.165) is 0 Å². The molecular weight excluding hydrogens is 263 g/mol. The second-order valence-electron chi connectivity index (χ2n) is 2.06. The number of aromatic nitrogens is 1. The molecule has 0 aliphatic heterocycles. The predicted molar refractivity (Wildman–Crippen MR) is 50.3 cm³/mol. The van der Waals surface area contributed by atoms with Crippen molar-refractivity contribution in [2.24, 2.45) is 0 Å². The molecule has 0 unspecified atom stereocenters. The molecule has 0 aromatic carbocycles. The fourth-order valence-electron chi connectivity index (χ4n) is 0.650. The van der Waals surface area contributed by atoms with Gasteiger partial charge in [-0.1, -0.05) is 11.6 Å². The Bertz CT molecular complexity index is 358. The average Bonchev–Trinajstić information content (AvgIpc) is 1.99. The van der Waals surface area contributed by atoms with Crippen LogP contribution in [0.5, 0.6) is 5.75 Å². The van der Waals surface area contributed by atoms with Gasteiger partial charge in [0.2, 0.25) is 0 Å². The third kappa shape index (κ3) is 2.46. The van der Waals surface area contributed by atoms with Crippen LogP contribution in [0, 0.1) is 0 Å². The van der Waals surface area contributed by atoms with E-state index in [4.69, 9.17) is 16.7 Å². The standard InChI is InChI=1S/C6H4BrClN2O3/c7-2-1-3(11)5(9-4(2)8)10-6(12)13/h1,11H,(H,9,10)(H,12,13). The monoisotopic (exact) mass is 266 g/mol. The van der Waals surface area contributed by atoms with Gasteiger partial charge in [0.1, 0.15) is 5.15 Å². The Hall–Kier alpha value is -1.01. The molecule has 0 aliphatic rings. The molecular formula is C6H4BrClN2O3. The fraction of sp³-hybridized carbons (Fsp3) is 0. The van der Waals surface area contributed by atoms with Crippen molar-refractivity contribution >= 4 is 39.4 Å². The van der Waals surface area contributed by atoms with E-state index in [2.05, 4.69) is 20.9 Å². The summed E-state index contributed by atoms with van der Waals surface area (Å²) < 4.78 is 0.391. The summed E-state index contributed by atoms with van der Waals surface area (Å²) in [4.78, 5) is 13.8. The van der Waals surface area contributed by atoms with Crippen LogP contribution >= 0.6 is 27.5 Å². The first-order valence-electron chi connectivity index (χ1n) is 3.05. The van der Waals surface area contributed by atoms with Crippen molar-refractivity contribution in [3.8, 4) is 5.75 Å². The highest BCUT2D eigenvalue weighted by atomic mass is 79.9. The molecule has 0 bridgehead atoms. The Morgan fingerprint density at radius 1 is 1.69 bits per heavy atom. The number of carbonyl (C=O) groups is 1. The Kier molecular flexibility index (Phi) is 2.94. The van der Waals surface area contributed by atoms with Gasteiger partial charge in [0, 0.05) is 6.07 Å². The molecule has 0 aliphatic carbocycles. The molecule has 1 amide bonds. The van der Waals surface area contributed by atoms with Gasteiger partial charge in [-0.05, 0) is 15.9 Å². The molecule has 0 saturated carbocycles. The molecule has 0 fully saturated rings. The zero-order chi connectivity index (χ0) is 10.0. The lowest BCUT2D eigenvalue weighted by Crippen LogP contribution is -2.08. The van der Waals surface area contributed by atoms with Crippen LogP contribution in [0.2, 0.25) is 5.15 Å². The summed E-state index contributed by atoms with van der Waals surface area (Å²) in [5.74, 6) is -0.487. The lowest BCUT2D eigenvalue weighted by Gasteiger charge is -2.04. The average molecular weight is 267 g/mol. The summed E-state index contributed by atoms with van der Waals surface area (Å²) in [7, 11) is 0. The Morgan fingerprint density at radius 3 is 2.85 bits per heavy atom. The maximum Gasteiger partial charge on any atom is 0.410 e. The van der Waals surface area contributed by atoms with Crippen LogP contribution in [0.3, 0.4) is 0 Å². The first kappa shape index (κ1) is 10.1. The van der Waals surface area contributed by atoms with Crippen molar-refractivity contribution in [2.75, 3.05) is 5.32 Å². The van der Waals surface area contributed by atoms with Gasteiger partial charge in [-0.2, -0.15) is 0 Å². The van der Waals surface area contributed by atoms with Gasteiger partial charge in [-0.25, -0.2) is 9.78 Å². The topological polar surface area (TPSA) is 82.5 Å². The van der Waals surface area contributed by atoms with E-state index < -0.39 is 6.09 Å². The molecule has 1 aromatic rings. The van der Waals surface area contributed by atoms with Crippen LogP contribution < -0.4 is 5.32 Å². The van der Waals surface area contributed by atoms with Crippen LogP contribution in [-0.2, 0) is 0 Å². The van der Waals surface area contributed by atoms with Crippen LogP contribution in [0.25, 0.3) is 0 Å². The number of rotatable bonds is 1. The molecule has 70 valence electrons. The Morgan fingerprint density at radius 2 is 2.31 bits per heavy atom. The minimum atomic E-state index is -1.32. The summed E-state index contributed by atoms with van der Waals surface area (Å²) in [6.07, 6.45) is -1.32. The highest BCUT2D eigenvalue weighted by Crippen LogP contribution is 2.29. The van der Waals surface area contributed by atoms with Gasteiger partial charge in [0.05, 0.1) is 4.47 Å². The van der Waals surface area contributed by atoms with E-state index in [1.165, 1.54) is 6.07 Å². The first-order valence-corrected chi connectivity index (χ1v) is 4.22. The van der Waals surface area contributed by atoms with E-state index in [1.807, 2.05) is 5.32 Å². The Balaban J connectivity index is 3.08. The highest BCUT2D eigenvalue weighted by Gasteiger charge is 2.09. The van der Waals surface area contributed by atoms with Gasteiger partial charge in [-0.3, -0.25) is 5.32 Å². The van der Waals surface area contributed by atoms with Gasteiger partial charge >= 0.3 is 6.09 Å². The number of aromatic hydroxyl groups is 1. The van der Waals surface area contributed by atoms with Gasteiger partial charge < -0.3 is 10.2 Å². The van der Waals surface area contributed by atoms with Crippen LogP contribution in [0.15, 0.2) is 10.5 Å². The van der Waals surface area contributed by atoms with E-state index in [-0.39, 0.29) is 16.7 Å². The zero-order valence-corrected chi connectivity index (χ0v) is 8.43. The zero-order valence-electron chi connectivity index (χ0n) is 6.08. The van der Waals surface area contributed by atoms with Crippen LogP contribution in [0.1, 0.15) is 0 Å². The quantitative estimate of drug-likeness (QED) is 0.682. The van der Waals surface area contributed by atoms with Crippen molar-refractivity contribution in [2.45, 2.75) is 0 Å². The Labute approximate surface area is 86.5 Å². The maximum absolute atomic E-state index is 10.2. The molecule has 5 nitrogen and oxygen atoms in total. The van der Waals surface area contributed by atoms with Crippen molar-refractivity contribution in [3.63, 3.8) is 0 Å². The predicted octanol–water partition coefficient (Wildman–Crippen LogP) is 2.29. The second kappa shape index (κ2) is 3.80. The number of amides is 1. The molecule has 13 heavy (non-hydrogen) atoms. The van der Waals surface area contributed by atoms with Crippen LogP contribution in [-0.4, -0.2) is 21.3 Å². The van der Waals surface area contributed by atoms with Crippen molar-refractivity contribution in [1.82, 2.24) is 4.98 Å². The van der Waals surface area contributed by atoms with E-state index in [0.29, 0.717) is 4.47 Å². The number of nitrogens with one attached hydrogen (secondary N) is 1. The van der Waals surface area contributed by atoms with Crippen molar-refractivity contribution in [3.05, 3.63) is 15.7 Å². The number of anilines is 1. The second-order valence-corrected chi connectivity index (χ2v) is 3.27. The number of hydrogen-bond acceptors (Lipinski definition) is 3. The molecule has 1 heterocycles. The van der Waals surface area contributed by atoms with E-state index in [9.17, 15) is 9.90 Å². The van der Waals surface area contributed by atoms with E-state index >= 15 is 0 Å². The minimum absolute atomic E-state index is 0.0709. The third-order valence-electron chi connectivity index (χ3n) is 1.14. The summed E-state index contributed by atoms with van der Waals surface area (Å²) in [6.45, 7) is 0. The number of pyridine rings is 1. The van der Waals surface area contributed by atoms with E-state index in [1.54, 1.807) is 0 Å². The maximum atomic E-state index is 10.2. The molecule has 0 atom stereocenters. The number of hydrogen-bond donors (Lipinski definition) is 3. The number of halogens is 2. The molecule has 3 N–H and O–H groups in total. The molecule has 1 rings (SSSR count). The number of nitrogens with zero attached hydrogens (tertiary/aromatic N) is 1. The van der Waals surface area contributed by atoms with Gasteiger partial charge in [-0.15, -0.1) is 0 Å². The lowest BCUT2D eigenvalue weighted by atomic mass is 10.4. The fourth-order valence-corrected chi connectivity index (χ4v) is 1.09. The molecule has 1 aromatic heterocycles. The van der Waals surface area contributed by atoms with Gasteiger partial charge in [0.25, 0.3) is 0 Å². The van der Waals surface area contributed by atoms with Gasteiger partial charge in [0.15, 0.2) is 11.6 Å². The van der Waals surface area contributed by atoms with Crippen molar-refractivity contribution in [1.29, 1.82) is 0 Å². The normalized spacial score (nSPS) is 9.69. The summed E-state index contributed by atoms with van der Waals surface area (Å²) in [5, 5.41) is 19.5. The van der Waals surface area contributed by atoms with Crippen molar-refractivity contribution < 1.29 is 15.0 Å². The SMILES string of the molecule is O=C(O)Nc1nc(Cl)c(Br)cc1O. The molecule has 0 radical (unpaired) electrons. The summed E-state index contributed by atoms with van der Waals surface area (Å²) in [5.41, 5.74) is 0. The summed E-state index contributed by atoms with van der Waals surface area (Å²) in [6, 6.07) is 1.25. The van der Waals surface area contributed by atoms with Crippen LogP contribution in [0.4, 0.5) is 10.6 Å². The highest BCUT2D eigenvalue weighted by molar-refractivity contribution is 9.10. The molecule has 7 heteroatoms. The summed E-state index contributed by atoms with van der Waals surface area (Å²) >= 11 is 8.58. The minimum Gasteiger partial charge on any atom is -0.504 e. The first-order chi connectivity index (χ1) is 6.00.